The molecule has 0 bridgehead atoms. The van der Waals surface area contributed by atoms with E-state index in [0.717, 1.165) is 12.8 Å². The Morgan fingerprint density at radius 2 is 1.64 bits per heavy atom. The highest BCUT2D eigenvalue weighted by Crippen LogP contribution is 2.48. The zero-order chi connectivity index (χ0) is 11.0. The molecule has 0 saturated carbocycles. The summed E-state index contributed by atoms with van der Waals surface area (Å²) in [7, 11) is -3.06. The molecule has 0 spiro atoms. The zero-order valence-corrected chi connectivity index (χ0v) is 10.1. The van der Waals surface area contributed by atoms with Crippen LogP contribution in [-0.2, 0) is 13.6 Å². The van der Waals surface area contributed by atoms with Gasteiger partial charge >= 0.3 is 7.60 Å². The summed E-state index contributed by atoms with van der Waals surface area (Å²) in [4.78, 5) is 0. The van der Waals surface area contributed by atoms with E-state index in [1.165, 1.54) is 0 Å². The highest BCUT2D eigenvalue weighted by molar-refractivity contribution is 7.53. The van der Waals surface area contributed by atoms with E-state index in [0.29, 0.717) is 13.2 Å². The number of hydrogen-bond donors (Lipinski definition) is 1. The van der Waals surface area contributed by atoms with Gasteiger partial charge in [-0.3, -0.25) is 4.57 Å². The van der Waals surface area contributed by atoms with Crippen LogP contribution in [0, 0.1) is 0 Å². The van der Waals surface area contributed by atoms with E-state index in [9.17, 15) is 4.57 Å². The molecule has 0 fully saturated rings. The van der Waals surface area contributed by atoms with Crippen LogP contribution in [0.5, 0.6) is 0 Å². The second-order valence-corrected chi connectivity index (χ2v) is 5.41. The van der Waals surface area contributed by atoms with Gasteiger partial charge in [-0.2, -0.15) is 0 Å². The first-order chi connectivity index (χ1) is 6.54. The first-order valence-electron chi connectivity index (χ1n) is 5.10. The molecule has 0 aliphatic carbocycles. The van der Waals surface area contributed by atoms with Crippen molar-refractivity contribution in [3.8, 4) is 0 Å². The summed E-state index contributed by atoms with van der Waals surface area (Å²) >= 11 is 0. The summed E-state index contributed by atoms with van der Waals surface area (Å²) in [6.07, 6.45) is 1.00. The Morgan fingerprint density at radius 3 is 1.93 bits per heavy atom. The van der Waals surface area contributed by atoms with Crippen molar-refractivity contribution in [3.63, 3.8) is 0 Å². The van der Waals surface area contributed by atoms with E-state index in [-0.39, 0.29) is 6.16 Å². The lowest BCUT2D eigenvalue weighted by Gasteiger charge is -2.19. The Labute approximate surface area is 86.1 Å². The molecule has 1 N–H and O–H groups in total. The molecule has 86 valence electrons. The zero-order valence-electron chi connectivity index (χ0n) is 9.23. The number of aliphatic hydroxyl groups excluding tert-OH is 1. The van der Waals surface area contributed by atoms with Crippen LogP contribution in [0.4, 0.5) is 0 Å². The average molecular weight is 224 g/mol. The van der Waals surface area contributed by atoms with E-state index >= 15 is 0 Å². The molecule has 0 saturated heterocycles. The first kappa shape index (κ1) is 14.1. The van der Waals surface area contributed by atoms with Crippen molar-refractivity contribution >= 4 is 7.60 Å². The Balaban J connectivity index is 4.11. The first-order valence-corrected chi connectivity index (χ1v) is 6.83. The van der Waals surface area contributed by atoms with Crippen molar-refractivity contribution in [3.05, 3.63) is 0 Å². The normalized spacial score (nSPS) is 14.3. The molecular formula is C9H21O4P. The van der Waals surface area contributed by atoms with E-state index in [1.54, 1.807) is 6.92 Å². The third-order valence-corrected chi connectivity index (χ3v) is 3.60. The predicted octanol–water partition coefficient (Wildman–Crippen LogP) is 2.41. The third kappa shape index (κ3) is 6.55. The fourth-order valence-corrected chi connectivity index (χ4v) is 2.78. The lowest BCUT2D eigenvalue weighted by Crippen LogP contribution is -2.12. The molecule has 0 aliphatic heterocycles. The van der Waals surface area contributed by atoms with Crippen molar-refractivity contribution in [1.82, 2.24) is 0 Å². The van der Waals surface area contributed by atoms with Gasteiger partial charge in [0.15, 0.2) is 0 Å². The second-order valence-electron chi connectivity index (χ2n) is 3.31. The molecule has 0 radical (unpaired) electrons. The summed E-state index contributed by atoms with van der Waals surface area (Å²) in [5, 5.41) is 9.15. The molecule has 1 atom stereocenters. The van der Waals surface area contributed by atoms with Gasteiger partial charge in [-0.05, 0) is 19.8 Å². The molecule has 0 aliphatic rings. The Kier molecular flexibility index (Phi) is 7.47. The quantitative estimate of drug-likeness (QED) is 0.643. The van der Waals surface area contributed by atoms with Crippen molar-refractivity contribution in [2.75, 3.05) is 19.4 Å². The molecule has 0 aromatic rings. The van der Waals surface area contributed by atoms with Gasteiger partial charge in [0, 0.05) is 0 Å². The van der Waals surface area contributed by atoms with Crippen molar-refractivity contribution < 1.29 is 18.7 Å². The van der Waals surface area contributed by atoms with Gasteiger partial charge in [0.05, 0.1) is 25.5 Å². The molecule has 4 nitrogen and oxygen atoms in total. The lowest BCUT2D eigenvalue weighted by atomic mass is 10.5. The molecule has 0 aromatic heterocycles. The van der Waals surface area contributed by atoms with Gasteiger partial charge in [-0.1, -0.05) is 13.8 Å². The maximum atomic E-state index is 11.9. The molecular weight excluding hydrogens is 203 g/mol. The van der Waals surface area contributed by atoms with Gasteiger partial charge < -0.3 is 14.2 Å². The second kappa shape index (κ2) is 7.41. The highest BCUT2D eigenvalue weighted by atomic mass is 31.2. The van der Waals surface area contributed by atoms with Gasteiger partial charge in [0.25, 0.3) is 0 Å². The SMILES string of the molecule is CCCOP(=O)(CC(C)O)OCCC. The van der Waals surface area contributed by atoms with E-state index < -0.39 is 13.7 Å². The van der Waals surface area contributed by atoms with Gasteiger partial charge in [0.1, 0.15) is 0 Å². The van der Waals surface area contributed by atoms with E-state index in [2.05, 4.69) is 0 Å². The smallest absolute Gasteiger partial charge is 0.333 e. The molecule has 0 heterocycles. The molecule has 1 unspecified atom stereocenters. The molecule has 14 heavy (non-hydrogen) atoms. The summed E-state index contributed by atoms with van der Waals surface area (Å²) in [6.45, 7) is 6.28. The summed E-state index contributed by atoms with van der Waals surface area (Å²) in [5.41, 5.74) is 0. The molecule has 0 rings (SSSR count). The minimum Gasteiger partial charge on any atom is -0.393 e. The lowest BCUT2D eigenvalue weighted by molar-refractivity contribution is 0.173. The van der Waals surface area contributed by atoms with Crippen LogP contribution >= 0.6 is 7.60 Å². The fraction of sp³-hybridized carbons (Fsp3) is 1.00. The maximum Gasteiger partial charge on any atom is 0.333 e. The standard InChI is InChI=1S/C9H21O4P/c1-4-6-12-14(11,8-9(3)10)13-7-5-2/h9-10H,4-8H2,1-3H3. The molecule has 0 aromatic carbocycles. The highest BCUT2D eigenvalue weighted by Gasteiger charge is 2.26. The topological polar surface area (TPSA) is 55.8 Å². The van der Waals surface area contributed by atoms with Crippen LogP contribution in [0.25, 0.3) is 0 Å². The number of aliphatic hydroxyl groups is 1. The van der Waals surface area contributed by atoms with Crippen molar-refractivity contribution in [2.45, 2.75) is 39.7 Å². The van der Waals surface area contributed by atoms with Crippen LogP contribution in [0.3, 0.4) is 0 Å². The Morgan fingerprint density at radius 1 is 1.21 bits per heavy atom. The molecule has 5 heteroatoms. The minimum absolute atomic E-state index is 0.0764. The minimum atomic E-state index is -3.06. The van der Waals surface area contributed by atoms with Gasteiger partial charge in [0.2, 0.25) is 0 Å². The van der Waals surface area contributed by atoms with Crippen molar-refractivity contribution in [1.29, 1.82) is 0 Å². The maximum absolute atomic E-state index is 11.9. The number of hydrogen-bond acceptors (Lipinski definition) is 4. The van der Waals surface area contributed by atoms with Crippen LogP contribution in [-0.4, -0.2) is 30.6 Å². The monoisotopic (exact) mass is 224 g/mol. The van der Waals surface area contributed by atoms with E-state index in [4.69, 9.17) is 14.2 Å². The Bertz CT molecular complexity index is 170. The van der Waals surface area contributed by atoms with E-state index in [1.807, 2.05) is 13.8 Å². The number of rotatable bonds is 8. The Hall–Kier alpha value is 0.110. The average Bonchev–Trinajstić information content (AvgIpc) is 2.11. The van der Waals surface area contributed by atoms with Crippen molar-refractivity contribution in [2.24, 2.45) is 0 Å². The van der Waals surface area contributed by atoms with Crippen LogP contribution < -0.4 is 0 Å². The molecule has 0 amide bonds. The fourth-order valence-electron chi connectivity index (χ4n) is 0.927. The summed E-state index contributed by atoms with van der Waals surface area (Å²) in [6, 6.07) is 0. The van der Waals surface area contributed by atoms with Crippen LogP contribution in [0.2, 0.25) is 0 Å². The summed E-state index contributed by atoms with van der Waals surface area (Å²) in [5.74, 6) is 0. The van der Waals surface area contributed by atoms with Gasteiger partial charge in [-0.25, -0.2) is 0 Å². The predicted molar refractivity (Wildman–Crippen MR) is 56.6 cm³/mol. The summed E-state index contributed by atoms with van der Waals surface area (Å²) < 4.78 is 22.3. The van der Waals surface area contributed by atoms with Crippen LogP contribution in [0.1, 0.15) is 33.6 Å². The largest absolute Gasteiger partial charge is 0.393 e. The van der Waals surface area contributed by atoms with Gasteiger partial charge in [-0.15, -0.1) is 0 Å². The van der Waals surface area contributed by atoms with Crippen LogP contribution in [0.15, 0.2) is 0 Å². The third-order valence-electron chi connectivity index (χ3n) is 1.47.